The molecule has 1 heterocycles. The van der Waals surface area contributed by atoms with E-state index in [-0.39, 0.29) is 23.7 Å². The van der Waals surface area contributed by atoms with Crippen molar-refractivity contribution >= 4 is 11.9 Å². The molecule has 110 valence electrons. The van der Waals surface area contributed by atoms with E-state index in [9.17, 15) is 14.4 Å². The van der Waals surface area contributed by atoms with E-state index >= 15 is 0 Å². The lowest BCUT2D eigenvalue weighted by atomic mass is 10.2. The molecule has 0 aliphatic rings. The van der Waals surface area contributed by atoms with Gasteiger partial charge in [0.15, 0.2) is 0 Å². The number of carbonyl (C=O) groups excluding carboxylic acids is 2. The van der Waals surface area contributed by atoms with E-state index in [2.05, 4.69) is 9.47 Å². The Labute approximate surface area is 115 Å². The lowest BCUT2D eigenvalue weighted by molar-refractivity contribution is 0.0540. The summed E-state index contributed by atoms with van der Waals surface area (Å²) in [4.78, 5) is 35.0. The van der Waals surface area contributed by atoms with Gasteiger partial charge in [-0.25, -0.2) is 9.59 Å². The SMILES string of the molecule is CCCCOc1c(C(=O)OC)occ(C(=O)OC)c1=O. The zero-order valence-electron chi connectivity index (χ0n) is 11.6. The van der Waals surface area contributed by atoms with Crippen molar-refractivity contribution < 1.29 is 28.2 Å². The molecule has 0 aromatic carbocycles. The Morgan fingerprint density at radius 3 is 2.40 bits per heavy atom. The predicted molar refractivity (Wildman–Crippen MR) is 68.1 cm³/mol. The highest BCUT2D eigenvalue weighted by atomic mass is 16.5. The van der Waals surface area contributed by atoms with Gasteiger partial charge >= 0.3 is 11.9 Å². The summed E-state index contributed by atoms with van der Waals surface area (Å²) < 4.78 is 19.2. The van der Waals surface area contributed by atoms with E-state index in [4.69, 9.17) is 9.15 Å². The number of rotatable bonds is 6. The van der Waals surface area contributed by atoms with Gasteiger partial charge in [-0.3, -0.25) is 4.79 Å². The van der Waals surface area contributed by atoms with Crippen LogP contribution in [-0.2, 0) is 9.47 Å². The third-order valence-electron chi connectivity index (χ3n) is 2.47. The van der Waals surface area contributed by atoms with Gasteiger partial charge in [0.05, 0.1) is 20.8 Å². The van der Waals surface area contributed by atoms with Gasteiger partial charge in [0.1, 0.15) is 11.8 Å². The van der Waals surface area contributed by atoms with Crippen LogP contribution in [0.5, 0.6) is 5.75 Å². The highest BCUT2D eigenvalue weighted by molar-refractivity contribution is 5.92. The predicted octanol–water partition coefficient (Wildman–Crippen LogP) is 1.39. The molecule has 0 fully saturated rings. The summed E-state index contributed by atoms with van der Waals surface area (Å²) >= 11 is 0. The Bertz CT molecular complexity index is 544. The fourth-order valence-electron chi connectivity index (χ4n) is 1.38. The van der Waals surface area contributed by atoms with Crippen molar-refractivity contribution in [1.82, 2.24) is 0 Å². The molecule has 0 N–H and O–H groups in total. The number of methoxy groups -OCH3 is 2. The fourth-order valence-corrected chi connectivity index (χ4v) is 1.38. The van der Waals surface area contributed by atoms with Gasteiger partial charge < -0.3 is 18.6 Å². The smallest absolute Gasteiger partial charge is 0.378 e. The van der Waals surface area contributed by atoms with E-state index in [1.165, 1.54) is 0 Å². The number of unbranched alkanes of at least 4 members (excludes halogenated alkanes) is 1. The van der Waals surface area contributed by atoms with Crippen LogP contribution < -0.4 is 10.2 Å². The summed E-state index contributed by atoms with van der Waals surface area (Å²) in [6.45, 7) is 2.16. The summed E-state index contributed by atoms with van der Waals surface area (Å²) in [5.74, 6) is -2.44. The molecule has 0 aliphatic carbocycles. The molecule has 1 aromatic rings. The van der Waals surface area contributed by atoms with Crippen LogP contribution in [0.15, 0.2) is 15.5 Å². The van der Waals surface area contributed by atoms with E-state index < -0.39 is 17.4 Å². The second kappa shape index (κ2) is 7.32. The maximum Gasteiger partial charge on any atom is 0.378 e. The van der Waals surface area contributed by atoms with E-state index in [0.717, 1.165) is 26.9 Å². The van der Waals surface area contributed by atoms with Crippen LogP contribution in [0, 0.1) is 0 Å². The minimum Gasteiger partial charge on any atom is -0.486 e. The van der Waals surface area contributed by atoms with Gasteiger partial charge in [-0.05, 0) is 6.42 Å². The summed E-state index contributed by atoms with van der Waals surface area (Å²) in [7, 11) is 2.28. The van der Waals surface area contributed by atoms with Gasteiger partial charge in [-0.2, -0.15) is 0 Å². The molecule has 1 rings (SSSR count). The summed E-state index contributed by atoms with van der Waals surface area (Å²) in [5, 5.41) is 0. The number of esters is 2. The molecule has 0 bridgehead atoms. The number of hydrogen-bond acceptors (Lipinski definition) is 7. The number of carbonyl (C=O) groups is 2. The quantitative estimate of drug-likeness (QED) is 0.575. The molecule has 0 spiro atoms. The first-order chi connectivity index (χ1) is 9.56. The molecule has 7 heteroatoms. The van der Waals surface area contributed by atoms with Gasteiger partial charge in [0.2, 0.25) is 11.2 Å². The Kier molecular flexibility index (Phi) is 5.76. The molecule has 20 heavy (non-hydrogen) atoms. The monoisotopic (exact) mass is 284 g/mol. The largest absolute Gasteiger partial charge is 0.486 e. The van der Waals surface area contributed by atoms with Crippen LogP contribution in [0.2, 0.25) is 0 Å². The summed E-state index contributed by atoms with van der Waals surface area (Å²) in [6.07, 6.45) is 2.38. The van der Waals surface area contributed by atoms with Crippen LogP contribution >= 0.6 is 0 Å². The van der Waals surface area contributed by atoms with Crippen LogP contribution in [0.25, 0.3) is 0 Å². The zero-order valence-corrected chi connectivity index (χ0v) is 11.6. The molecule has 0 atom stereocenters. The molecule has 0 amide bonds. The lowest BCUT2D eigenvalue weighted by Crippen LogP contribution is -2.22. The Hall–Kier alpha value is -2.31. The maximum absolute atomic E-state index is 12.1. The first-order valence-corrected chi connectivity index (χ1v) is 6.02. The molecule has 1 aromatic heterocycles. The average molecular weight is 284 g/mol. The summed E-state index contributed by atoms with van der Waals surface area (Å²) in [6, 6.07) is 0. The van der Waals surface area contributed by atoms with E-state index in [1.54, 1.807) is 0 Å². The minimum atomic E-state index is -0.865. The summed E-state index contributed by atoms with van der Waals surface area (Å²) in [5.41, 5.74) is -1.11. The normalized spacial score (nSPS) is 9.95. The standard InChI is InChI=1S/C13H16O7/c1-4-5-6-19-10-9(14)8(12(15)17-2)7-20-11(10)13(16)18-3/h7H,4-6H2,1-3H3. The van der Waals surface area contributed by atoms with Gasteiger partial charge in [-0.15, -0.1) is 0 Å². The van der Waals surface area contributed by atoms with Crippen LogP contribution in [-0.4, -0.2) is 32.8 Å². The molecule has 7 nitrogen and oxygen atoms in total. The Balaban J connectivity index is 3.26. The van der Waals surface area contributed by atoms with Crippen LogP contribution in [0.3, 0.4) is 0 Å². The second-order valence-electron chi connectivity index (χ2n) is 3.82. The van der Waals surface area contributed by atoms with Crippen molar-refractivity contribution in [3.8, 4) is 5.75 Å². The van der Waals surface area contributed by atoms with Crippen molar-refractivity contribution in [2.45, 2.75) is 19.8 Å². The van der Waals surface area contributed by atoms with Crippen LogP contribution in [0.4, 0.5) is 0 Å². The van der Waals surface area contributed by atoms with Crippen molar-refractivity contribution in [3.63, 3.8) is 0 Å². The maximum atomic E-state index is 12.1. The van der Waals surface area contributed by atoms with Crippen molar-refractivity contribution in [1.29, 1.82) is 0 Å². The third kappa shape index (κ3) is 3.37. The number of ether oxygens (including phenoxy) is 3. The molecule has 0 saturated carbocycles. The van der Waals surface area contributed by atoms with E-state index in [1.807, 2.05) is 6.92 Å². The number of hydrogen-bond donors (Lipinski definition) is 0. The fraction of sp³-hybridized carbons (Fsp3) is 0.462. The van der Waals surface area contributed by atoms with Gasteiger partial charge in [-0.1, -0.05) is 13.3 Å². The molecule has 0 saturated heterocycles. The Morgan fingerprint density at radius 1 is 1.20 bits per heavy atom. The first kappa shape index (κ1) is 15.7. The Morgan fingerprint density at radius 2 is 1.85 bits per heavy atom. The zero-order chi connectivity index (χ0) is 15.1. The van der Waals surface area contributed by atoms with Crippen molar-refractivity contribution in [2.24, 2.45) is 0 Å². The minimum absolute atomic E-state index is 0.218. The lowest BCUT2D eigenvalue weighted by Gasteiger charge is -2.09. The first-order valence-electron chi connectivity index (χ1n) is 6.02. The highest BCUT2D eigenvalue weighted by Crippen LogP contribution is 2.17. The highest BCUT2D eigenvalue weighted by Gasteiger charge is 2.25. The molecule has 0 aliphatic heterocycles. The second-order valence-corrected chi connectivity index (χ2v) is 3.82. The van der Waals surface area contributed by atoms with Crippen molar-refractivity contribution in [3.05, 3.63) is 27.8 Å². The third-order valence-corrected chi connectivity index (χ3v) is 2.47. The average Bonchev–Trinajstić information content (AvgIpc) is 2.47. The molecular weight excluding hydrogens is 268 g/mol. The van der Waals surface area contributed by atoms with Gasteiger partial charge in [0, 0.05) is 0 Å². The molecular formula is C13H16O7. The topological polar surface area (TPSA) is 92.0 Å². The van der Waals surface area contributed by atoms with Crippen molar-refractivity contribution in [2.75, 3.05) is 20.8 Å². The van der Waals surface area contributed by atoms with Crippen LogP contribution in [0.1, 0.15) is 40.7 Å². The molecule has 0 unspecified atom stereocenters. The van der Waals surface area contributed by atoms with E-state index in [0.29, 0.717) is 6.42 Å². The molecule has 0 radical (unpaired) electrons. The van der Waals surface area contributed by atoms with Gasteiger partial charge in [0.25, 0.3) is 5.76 Å².